The maximum absolute atomic E-state index is 8.70. The van der Waals surface area contributed by atoms with Gasteiger partial charge in [-0.25, -0.2) is 0 Å². The Bertz CT molecular complexity index is 313. The lowest BCUT2D eigenvalue weighted by Crippen LogP contribution is -2.17. The van der Waals surface area contributed by atoms with Crippen LogP contribution in [0.3, 0.4) is 0 Å². The van der Waals surface area contributed by atoms with Crippen LogP contribution in [0.15, 0.2) is 29.2 Å². The molecule has 0 fully saturated rings. The summed E-state index contributed by atoms with van der Waals surface area (Å²) in [6, 6.07) is 9.27. The number of hydrogen-bond acceptors (Lipinski definition) is 3. The molecule has 0 saturated carbocycles. The Hall–Kier alpha value is -0.510. The smallest absolute Gasteiger partial charge is 0.0431 e. The van der Waals surface area contributed by atoms with Crippen molar-refractivity contribution in [2.45, 2.75) is 44.0 Å². The molecule has 1 aromatic rings. The highest BCUT2D eigenvalue weighted by atomic mass is 32.2. The molecule has 18 heavy (non-hydrogen) atoms. The second kappa shape index (κ2) is 9.42. The van der Waals surface area contributed by atoms with Crippen LogP contribution in [0.4, 0.5) is 0 Å². The fraction of sp³-hybridized carbons (Fsp3) is 0.600. The zero-order chi connectivity index (χ0) is 13.2. The summed E-state index contributed by atoms with van der Waals surface area (Å²) in [6.45, 7) is 5.65. The topological polar surface area (TPSA) is 32.3 Å². The van der Waals surface area contributed by atoms with Crippen LogP contribution in [-0.4, -0.2) is 24.0 Å². The van der Waals surface area contributed by atoms with E-state index in [1.807, 2.05) is 11.8 Å². The van der Waals surface area contributed by atoms with Crippen molar-refractivity contribution in [1.29, 1.82) is 0 Å². The van der Waals surface area contributed by atoms with E-state index in [4.69, 9.17) is 5.11 Å². The predicted molar refractivity (Wildman–Crippen MR) is 80.2 cm³/mol. The van der Waals surface area contributed by atoms with Gasteiger partial charge in [-0.05, 0) is 49.8 Å². The second-order valence-electron chi connectivity index (χ2n) is 4.48. The maximum Gasteiger partial charge on any atom is 0.0431 e. The summed E-state index contributed by atoms with van der Waals surface area (Å²) in [5.41, 5.74) is 1.35. The lowest BCUT2D eigenvalue weighted by molar-refractivity contribution is 0.284. The summed E-state index contributed by atoms with van der Waals surface area (Å²) < 4.78 is 0. The molecule has 0 radical (unpaired) electrons. The van der Waals surface area contributed by atoms with Crippen molar-refractivity contribution in [3.8, 4) is 0 Å². The van der Waals surface area contributed by atoms with Gasteiger partial charge in [0.2, 0.25) is 0 Å². The highest BCUT2D eigenvalue weighted by molar-refractivity contribution is 7.99. The monoisotopic (exact) mass is 267 g/mol. The first kappa shape index (κ1) is 15.5. The number of hydrogen-bond donors (Lipinski definition) is 2. The second-order valence-corrected chi connectivity index (χ2v) is 5.65. The molecule has 0 aliphatic rings. The normalized spacial score (nSPS) is 12.6. The van der Waals surface area contributed by atoms with Gasteiger partial charge in [0.15, 0.2) is 0 Å². The highest BCUT2D eigenvalue weighted by Crippen LogP contribution is 2.22. The summed E-state index contributed by atoms with van der Waals surface area (Å²) in [7, 11) is 0. The van der Waals surface area contributed by atoms with Crippen molar-refractivity contribution < 1.29 is 5.11 Å². The summed E-state index contributed by atoms with van der Waals surface area (Å²) >= 11 is 1.90. The lowest BCUT2D eigenvalue weighted by Gasteiger charge is -2.13. The zero-order valence-corrected chi connectivity index (χ0v) is 12.3. The number of aliphatic hydroxyl groups is 1. The molecule has 0 aliphatic heterocycles. The summed E-state index contributed by atoms with van der Waals surface area (Å²) in [6.07, 6.45) is 3.24. The van der Waals surface area contributed by atoms with Gasteiger partial charge < -0.3 is 10.4 Å². The third-order valence-corrected chi connectivity index (χ3v) is 4.06. The molecule has 1 unspecified atom stereocenters. The quantitative estimate of drug-likeness (QED) is 0.529. The van der Waals surface area contributed by atoms with Gasteiger partial charge in [0.1, 0.15) is 0 Å². The summed E-state index contributed by atoms with van der Waals surface area (Å²) in [5, 5.41) is 12.1. The van der Waals surface area contributed by atoms with Crippen molar-refractivity contribution in [2.75, 3.05) is 18.9 Å². The molecule has 0 aromatic heterocycles. The van der Waals surface area contributed by atoms with E-state index in [2.05, 4.69) is 43.4 Å². The molecule has 2 N–H and O–H groups in total. The number of rotatable bonds is 9. The van der Waals surface area contributed by atoms with Gasteiger partial charge >= 0.3 is 0 Å². The molecule has 0 heterocycles. The lowest BCUT2D eigenvalue weighted by atomic mass is 10.1. The number of nitrogens with one attached hydrogen (secondary N) is 1. The van der Waals surface area contributed by atoms with Crippen LogP contribution in [0.25, 0.3) is 0 Å². The fourth-order valence-electron chi connectivity index (χ4n) is 1.86. The van der Waals surface area contributed by atoms with E-state index in [0.29, 0.717) is 12.6 Å². The first-order chi connectivity index (χ1) is 8.77. The Morgan fingerprint density at radius 1 is 1.17 bits per heavy atom. The van der Waals surface area contributed by atoms with E-state index < -0.39 is 0 Å². The highest BCUT2D eigenvalue weighted by Gasteiger charge is 2.03. The van der Waals surface area contributed by atoms with Crippen molar-refractivity contribution in [3.05, 3.63) is 29.8 Å². The Morgan fingerprint density at radius 2 is 1.89 bits per heavy atom. The van der Waals surface area contributed by atoms with E-state index >= 15 is 0 Å². The van der Waals surface area contributed by atoms with Crippen LogP contribution in [0.1, 0.15) is 44.7 Å². The number of unbranched alkanes of at least 4 members (excludes halogenated alkanes) is 2. The van der Waals surface area contributed by atoms with Crippen molar-refractivity contribution in [3.63, 3.8) is 0 Å². The van der Waals surface area contributed by atoms with E-state index in [9.17, 15) is 0 Å². The minimum Gasteiger partial charge on any atom is -0.396 e. The standard InChI is InChI=1S/C15H25NOS/c1-3-16-13(2)14-7-9-15(10-8-14)18-12-6-4-5-11-17/h7-10,13,16-17H,3-6,11-12H2,1-2H3. The fourth-order valence-corrected chi connectivity index (χ4v) is 2.77. The van der Waals surface area contributed by atoms with Crippen LogP contribution >= 0.6 is 11.8 Å². The number of benzene rings is 1. The SMILES string of the molecule is CCNC(C)c1ccc(SCCCCCO)cc1. The Balaban J connectivity index is 2.31. The van der Waals surface area contributed by atoms with Crippen molar-refractivity contribution in [2.24, 2.45) is 0 Å². The molecule has 0 spiro atoms. The average Bonchev–Trinajstić information content (AvgIpc) is 2.39. The van der Waals surface area contributed by atoms with Crippen LogP contribution < -0.4 is 5.32 Å². The largest absolute Gasteiger partial charge is 0.396 e. The molecule has 3 heteroatoms. The van der Waals surface area contributed by atoms with Gasteiger partial charge in [0.05, 0.1) is 0 Å². The number of thioether (sulfide) groups is 1. The predicted octanol–water partition coefficient (Wildman–Crippen LogP) is 3.61. The Labute approximate surface area is 115 Å². The molecule has 102 valence electrons. The molecular formula is C15H25NOS. The van der Waals surface area contributed by atoms with Gasteiger partial charge in [-0.3, -0.25) is 0 Å². The zero-order valence-electron chi connectivity index (χ0n) is 11.5. The molecular weight excluding hydrogens is 242 g/mol. The van der Waals surface area contributed by atoms with Gasteiger partial charge in [-0.1, -0.05) is 25.5 Å². The Kier molecular flexibility index (Phi) is 8.14. The van der Waals surface area contributed by atoms with Crippen LogP contribution in [0, 0.1) is 0 Å². The van der Waals surface area contributed by atoms with E-state index in [1.165, 1.54) is 16.9 Å². The first-order valence-electron chi connectivity index (χ1n) is 6.85. The molecule has 0 saturated heterocycles. The minimum atomic E-state index is 0.321. The van der Waals surface area contributed by atoms with Crippen LogP contribution in [-0.2, 0) is 0 Å². The number of aliphatic hydroxyl groups excluding tert-OH is 1. The van der Waals surface area contributed by atoms with Gasteiger partial charge in [0, 0.05) is 17.5 Å². The third kappa shape index (κ3) is 5.89. The van der Waals surface area contributed by atoms with E-state index in [-0.39, 0.29) is 0 Å². The van der Waals surface area contributed by atoms with Gasteiger partial charge in [-0.15, -0.1) is 11.8 Å². The van der Waals surface area contributed by atoms with E-state index in [0.717, 1.165) is 25.1 Å². The molecule has 0 aliphatic carbocycles. The Morgan fingerprint density at radius 3 is 2.50 bits per heavy atom. The summed E-state index contributed by atoms with van der Waals surface area (Å²) in [5.74, 6) is 1.14. The summed E-state index contributed by atoms with van der Waals surface area (Å²) in [4.78, 5) is 1.34. The van der Waals surface area contributed by atoms with Crippen LogP contribution in [0.5, 0.6) is 0 Å². The maximum atomic E-state index is 8.70. The molecule has 1 atom stereocenters. The molecule has 1 rings (SSSR count). The van der Waals surface area contributed by atoms with Gasteiger partial charge in [-0.2, -0.15) is 0 Å². The van der Waals surface area contributed by atoms with Crippen molar-refractivity contribution in [1.82, 2.24) is 5.32 Å². The molecule has 0 bridgehead atoms. The average molecular weight is 267 g/mol. The molecule has 2 nitrogen and oxygen atoms in total. The molecule has 1 aromatic carbocycles. The third-order valence-electron chi connectivity index (χ3n) is 2.96. The van der Waals surface area contributed by atoms with E-state index in [1.54, 1.807) is 0 Å². The van der Waals surface area contributed by atoms with Gasteiger partial charge in [0.25, 0.3) is 0 Å². The minimum absolute atomic E-state index is 0.321. The molecule has 0 amide bonds. The van der Waals surface area contributed by atoms with Crippen molar-refractivity contribution >= 4 is 11.8 Å². The van der Waals surface area contributed by atoms with Crippen LogP contribution in [0.2, 0.25) is 0 Å². The first-order valence-corrected chi connectivity index (χ1v) is 7.83.